The summed E-state index contributed by atoms with van der Waals surface area (Å²) in [5, 5.41) is 8.94. The molecule has 0 fully saturated rings. The van der Waals surface area contributed by atoms with Crippen LogP contribution < -0.4 is 16.5 Å². The van der Waals surface area contributed by atoms with E-state index in [1.54, 1.807) is 6.20 Å². The summed E-state index contributed by atoms with van der Waals surface area (Å²) in [7, 11) is 0. The summed E-state index contributed by atoms with van der Waals surface area (Å²) >= 11 is 0. The summed E-state index contributed by atoms with van der Waals surface area (Å²) in [4.78, 5) is 0. The number of nitrogens with two attached hydrogens (primary N) is 2. The van der Waals surface area contributed by atoms with Gasteiger partial charge in [0.1, 0.15) is 5.71 Å². The highest BCUT2D eigenvalue weighted by molar-refractivity contribution is 5.77. The highest BCUT2D eigenvalue weighted by atomic mass is 14.9. The molecule has 0 heterocycles. The van der Waals surface area contributed by atoms with E-state index in [9.17, 15) is 0 Å². The van der Waals surface area contributed by atoms with Crippen LogP contribution in [-0.2, 0) is 0 Å². The van der Waals surface area contributed by atoms with Crippen molar-refractivity contribution in [3.05, 3.63) is 23.5 Å². The SMILES string of the molecule is CC(=[NH2+])C/C=C(NC(C)C)/C(C)=C/N. The molecule has 3 heteroatoms. The summed E-state index contributed by atoms with van der Waals surface area (Å²) < 4.78 is 0. The molecule has 3 nitrogen and oxygen atoms in total. The molecule has 0 bridgehead atoms. The number of hydrogen-bond acceptors (Lipinski definition) is 2. The van der Waals surface area contributed by atoms with E-state index in [4.69, 9.17) is 11.1 Å². The van der Waals surface area contributed by atoms with Crippen molar-refractivity contribution in [2.75, 3.05) is 0 Å². The molecule has 0 atom stereocenters. The largest absolute Gasteiger partial charge is 0.404 e. The van der Waals surface area contributed by atoms with Crippen LogP contribution in [0.25, 0.3) is 0 Å². The quantitative estimate of drug-likeness (QED) is 0.438. The minimum absolute atomic E-state index is 0.397. The maximum Gasteiger partial charge on any atom is 0.149 e. The summed E-state index contributed by atoms with van der Waals surface area (Å²) in [6, 6.07) is 0.397. The summed E-state index contributed by atoms with van der Waals surface area (Å²) in [6.45, 7) is 8.07. The Labute approximate surface area is 86.6 Å². The van der Waals surface area contributed by atoms with Crippen LogP contribution in [0.4, 0.5) is 0 Å². The molecule has 14 heavy (non-hydrogen) atoms. The van der Waals surface area contributed by atoms with Gasteiger partial charge in [-0.3, -0.25) is 5.41 Å². The monoisotopic (exact) mass is 196 g/mol. The molecule has 5 N–H and O–H groups in total. The standard InChI is InChI=1S/C11H21N3/c1-8(2)14-11(9(3)7-12)6-5-10(4)13/h6-8,13-14H,5,12H2,1-4H3/p+1/b9-7+,11-6-,13-10?. The topological polar surface area (TPSA) is 63.6 Å². The van der Waals surface area contributed by atoms with Crippen molar-refractivity contribution in [1.82, 2.24) is 5.32 Å². The van der Waals surface area contributed by atoms with Gasteiger partial charge in [0.2, 0.25) is 0 Å². The van der Waals surface area contributed by atoms with E-state index >= 15 is 0 Å². The molecule has 0 aromatic heterocycles. The Bertz CT molecular complexity index is 249. The second-order valence-electron chi connectivity index (χ2n) is 3.82. The molecule has 0 amide bonds. The van der Waals surface area contributed by atoms with Gasteiger partial charge < -0.3 is 11.1 Å². The van der Waals surface area contributed by atoms with Gasteiger partial charge in [0.15, 0.2) is 0 Å². The molecular weight excluding hydrogens is 174 g/mol. The summed E-state index contributed by atoms with van der Waals surface area (Å²) in [6.07, 6.45) is 4.45. The van der Waals surface area contributed by atoms with Gasteiger partial charge in [-0.1, -0.05) is 6.08 Å². The molecule has 0 saturated heterocycles. The molecule has 0 spiro atoms. The van der Waals surface area contributed by atoms with E-state index in [2.05, 4.69) is 25.2 Å². The molecule has 0 unspecified atom stereocenters. The third-order valence-electron chi connectivity index (χ3n) is 1.75. The van der Waals surface area contributed by atoms with Crippen LogP contribution in [0.3, 0.4) is 0 Å². The lowest BCUT2D eigenvalue weighted by molar-refractivity contribution is -0.116. The average molecular weight is 196 g/mol. The van der Waals surface area contributed by atoms with Gasteiger partial charge in [-0.15, -0.1) is 0 Å². The van der Waals surface area contributed by atoms with E-state index < -0.39 is 0 Å². The second-order valence-corrected chi connectivity index (χ2v) is 3.82. The Balaban J connectivity index is 4.54. The maximum absolute atomic E-state index is 5.61. The summed E-state index contributed by atoms with van der Waals surface area (Å²) in [5.41, 5.74) is 8.48. The smallest absolute Gasteiger partial charge is 0.149 e. The van der Waals surface area contributed by atoms with Gasteiger partial charge in [0, 0.05) is 25.1 Å². The molecule has 0 aromatic rings. The minimum Gasteiger partial charge on any atom is -0.404 e. The minimum atomic E-state index is 0.397. The molecule has 0 saturated carbocycles. The van der Waals surface area contributed by atoms with Crippen LogP contribution >= 0.6 is 0 Å². The van der Waals surface area contributed by atoms with Gasteiger partial charge in [-0.2, -0.15) is 0 Å². The fourth-order valence-electron chi connectivity index (χ4n) is 0.998. The Morgan fingerprint density at radius 2 is 2.00 bits per heavy atom. The molecule has 0 aromatic carbocycles. The van der Waals surface area contributed by atoms with Crippen LogP contribution in [0.1, 0.15) is 34.1 Å². The maximum atomic E-state index is 5.61. The fourth-order valence-corrected chi connectivity index (χ4v) is 0.998. The third kappa shape index (κ3) is 5.41. The summed E-state index contributed by atoms with van der Waals surface area (Å²) in [5.74, 6) is 0. The van der Waals surface area contributed by atoms with Crippen LogP contribution in [0, 0.1) is 0 Å². The fraction of sp³-hybridized carbons (Fsp3) is 0.545. The highest BCUT2D eigenvalue weighted by Gasteiger charge is 2.02. The van der Waals surface area contributed by atoms with Crippen molar-refractivity contribution in [2.24, 2.45) is 5.73 Å². The Hall–Kier alpha value is -1.25. The third-order valence-corrected chi connectivity index (χ3v) is 1.75. The van der Waals surface area contributed by atoms with Gasteiger partial charge in [-0.05, 0) is 32.5 Å². The van der Waals surface area contributed by atoms with Crippen molar-refractivity contribution < 1.29 is 5.41 Å². The van der Waals surface area contributed by atoms with Crippen molar-refractivity contribution in [3.8, 4) is 0 Å². The van der Waals surface area contributed by atoms with Crippen molar-refractivity contribution in [2.45, 2.75) is 40.2 Å². The van der Waals surface area contributed by atoms with Crippen LogP contribution in [0.5, 0.6) is 0 Å². The number of hydrogen-bond donors (Lipinski definition) is 3. The van der Waals surface area contributed by atoms with E-state index in [1.807, 2.05) is 13.8 Å². The molecule has 0 radical (unpaired) electrons. The molecule has 0 aliphatic carbocycles. The van der Waals surface area contributed by atoms with Crippen molar-refractivity contribution in [3.63, 3.8) is 0 Å². The van der Waals surface area contributed by atoms with E-state index in [-0.39, 0.29) is 0 Å². The lowest BCUT2D eigenvalue weighted by Crippen LogP contribution is -2.37. The van der Waals surface area contributed by atoms with Gasteiger partial charge in [-0.25, -0.2) is 0 Å². The zero-order valence-electron chi connectivity index (χ0n) is 9.59. The van der Waals surface area contributed by atoms with Crippen LogP contribution in [-0.4, -0.2) is 11.8 Å². The van der Waals surface area contributed by atoms with E-state index in [0.29, 0.717) is 6.04 Å². The van der Waals surface area contributed by atoms with Crippen LogP contribution in [0.2, 0.25) is 0 Å². The van der Waals surface area contributed by atoms with E-state index in [1.165, 1.54) is 0 Å². The molecule has 0 aliphatic rings. The van der Waals surface area contributed by atoms with Gasteiger partial charge >= 0.3 is 0 Å². The Morgan fingerprint density at radius 1 is 1.43 bits per heavy atom. The second kappa shape index (κ2) is 6.24. The predicted molar refractivity (Wildman–Crippen MR) is 61.5 cm³/mol. The van der Waals surface area contributed by atoms with E-state index in [0.717, 1.165) is 23.4 Å². The highest BCUT2D eigenvalue weighted by Crippen LogP contribution is 2.06. The first-order valence-electron chi connectivity index (χ1n) is 4.90. The number of nitrogens with one attached hydrogen (secondary N) is 1. The first-order chi connectivity index (χ1) is 6.47. The normalized spacial score (nSPS) is 13.2. The molecule has 0 rings (SSSR count). The first-order valence-corrected chi connectivity index (χ1v) is 4.90. The zero-order valence-corrected chi connectivity index (χ0v) is 9.59. The molecule has 80 valence electrons. The number of allylic oxidation sites excluding steroid dienone is 2. The zero-order chi connectivity index (χ0) is 11.1. The molecule has 0 aliphatic heterocycles. The first kappa shape index (κ1) is 12.8. The van der Waals surface area contributed by atoms with Crippen molar-refractivity contribution >= 4 is 5.71 Å². The Kier molecular flexibility index (Phi) is 5.68. The predicted octanol–water partition coefficient (Wildman–Crippen LogP) is 0.341. The lowest BCUT2D eigenvalue weighted by atomic mass is 10.1. The Morgan fingerprint density at radius 3 is 2.36 bits per heavy atom. The molecular formula is C11H22N3+. The van der Waals surface area contributed by atoms with Gasteiger partial charge in [0.25, 0.3) is 0 Å². The van der Waals surface area contributed by atoms with Crippen LogP contribution in [0.15, 0.2) is 23.5 Å². The average Bonchev–Trinajstić information content (AvgIpc) is 2.10. The van der Waals surface area contributed by atoms with Crippen molar-refractivity contribution in [1.29, 1.82) is 0 Å². The lowest BCUT2D eigenvalue weighted by Gasteiger charge is -2.14. The van der Waals surface area contributed by atoms with Gasteiger partial charge in [0.05, 0.1) is 0 Å². The number of rotatable bonds is 5.